The van der Waals surface area contributed by atoms with Gasteiger partial charge in [0.05, 0.1) is 24.7 Å². The number of aliphatic hydroxyl groups excluding tert-OH is 2. The maximum absolute atomic E-state index is 12.5. The van der Waals surface area contributed by atoms with Crippen molar-refractivity contribution in [1.29, 1.82) is 0 Å². The van der Waals surface area contributed by atoms with E-state index in [2.05, 4.69) is 5.32 Å². The SMILES string of the molecule is CC(CO)(CO)NC(=O)C1CCC(C(F)(F)F)CC1. The van der Waals surface area contributed by atoms with Crippen molar-refractivity contribution in [3.8, 4) is 0 Å². The normalized spacial score (nSPS) is 25.2. The van der Waals surface area contributed by atoms with Crippen molar-refractivity contribution in [2.24, 2.45) is 11.8 Å². The fraction of sp³-hybridized carbons (Fsp3) is 0.917. The maximum atomic E-state index is 12.5. The van der Waals surface area contributed by atoms with Crippen LogP contribution in [0.4, 0.5) is 13.2 Å². The highest BCUT2D eigenvalue weighted by Crippen LogP contribution is 2.39. The first-order chi connectivity index (χ1) is 8.72. The lowest BCUT2D eigenvalue weighted by Gasteiger charge is -2.32. The molecule has 0 aromatic rings. The van der Waals surface area contributed by atoms with Crippen molar-refractivity contribution in [1.82, 2.24) is 5.32 Å². The van der Waals surface area contributed by atoms with E-state index in [0.717, 1.165) is 0 Å². The molecule has 1 aliphatic carbocycles. The van der Waals surface area contributed by atoms with Gasteiger partial charge in [0.25, 0.3) is 0 Å². The molecule has 0 heterocycles. The van der Waals surface area contributed by atoms with Gasteiger partial charge in [0, 0.05) is 5.92 Å². The van der Waals surface area contributed by atoms with Crippen LogP contribution in [0.2, 0.25) is 0 Å². The van der Waals surface area contributed by atoms with Gasteiger partial charge in [-0.3, -0.25) is 4.79 Å². The molecule has 112 valence electrons. The lowest BCUT2D eigenvalue weighted by atomic mass is 9.81. The lowest BCUT2D eigenvalue weighted by molar-refractivity contribution is -0.184. The van der Waals surface area contributed by atoms with Crippen LogP contribution in [-0.2, 0) is 4.79 Å². The average Bonchev–Trinajstić information content (AvgIpc) is 2.37. The van der Waals surface area contributed by atoms with Crippen LogP contribution < -0.4 is 5.32 Å². The number of halogens is 3. The van der Waals surface area contributed by atoms with Crippen molar-refractivity contribution in [3.05, 3.63) is 0 Å². The van der Waals surface area contributed by atoms with Crippen LogP contribution in [0.15, 0.2) is 0 Å². The second kappa shape index (κ2) is 6.09. The highest BCUT2D eigenvalue weighted by molar-refractivity contribution is 5.79. The van der Waals surface area contributed by atoms with Gasteiger partial charge in [-0.2, -0.15) is 13.2 Å². The summed E-state index contributed by atoms with van der Waals surface area (Å²) in [4.78, 5) is 11.9. The van der Waals surface area contributed by atoms with E-state index in [4.69, 9.17) is 10.2 Å². The summed E-state index contributed by atoms with van der Waals surface area (Å²) in [5.74, 6) is -2.19. The predicted molar refractivity (Wildman–Crippen MR) is 62.2 cm³/mol. The summed E-state index contributed by atoms with van der Waals surface area (Å²) < 4.78 is 37.4. The zero-order valence-electron chi connectivity index (χ0n) is 10.8. The third kappa shape index (κ3) is 4.35. The van der Waals surface area contributed by atoms with Gasteiger partial charge >= 0.3 is 6.18 Å². The number of aliphatic hydroxyl groups is 2. The molecule has 1 aliphatic rings. The van der Waals surface area contributed by atoms with E-state index >= 15 is 0 Å². The van der Waals surface area contributed by atoms with Gasteiger partial charge in [0.2, 0.25) is 5.91 Å². The number of nitrogens with one attached hydrogen (secondary N) is 1. The van der Waals surface area contributed by atoms with Crippen LogP contribution in [0.25, 0.3) is 0 Å². The van der Waals surface area contributed by atoms with Crippen LogP contribution >= 0.6 is 0 Å². The largest absolute Gasteiger partial charge is 0.394 e. The smallest absolute Gasteiger partial charge is 0.391 e. The fourth-order valence-electron chi connectivity index (χ4n) is 2.21. The standard InChI is InChI=1S/C12H20F3NO3/c1-11(6-17,7-18)16-10(19)8-2-4-9(5-3-8)12(13,14)15/h8-9,17-18H,2-7H2,1H3,(H,16,19). The minimum atomic E-state index is -4.19. The van der Waals surface area contributed by atoms with Gasteiger partial charge in [-0.25, -0.2) is 0 Å². The summed E-state index contributed by atoms with van der Waals surface area (Å²) in [7, 11) is 0. The number of carbonyl (C=O) groups is 1. The third-order valence-electron chi connectivity index (χ3n) is 3.68. The molecule has 0 atom stereocenters. The van der Waals surface area contributed by atoms with Gasteiger partial charge < -0.3 is 15.5 Å². The molecule has 0 aliphatic heterocycles. The average molecular weight is 283 g/mol. The molecule has 7 heteroatoms. The fourth-order valence-corrected chi connectivity index (χ4v) is 2.21. The number of hydrogen-bond donors (Lipinski definition) is 3. The van der Waals surface area contributed by atoms with Gasteiger partial charge in [0.1, 0.15) is 0 Å². The second-order valence-corrected chi connectivity index (χ2v) is 5.46. The zero-order chi connectivity index (χ0) is 14.7. The molecule has 0 radical (unpaired) electrons. The molecule has 1 saturated carbocycles. The maximum Gasteiger partial charge on any atom is 0.391 e. The van der Waals surface area contributed by atoms with E-state index in [1.165, 1.54) is 6.92 Å². The molecular formula is C12H20F3NO3. The molecule has 0 saturated heterocycles. The second-order valence-electron chi connectivity index (χ2n) is 5.46. The lowest BCUT2D eigenvalue weighted by Crippen LogP contribution is -2.53. The Balaban J connectivity index is 2.50. The molecule has 19 heavy (non-hydrogen) atoms. The minimum absolute atomic E-state index is 0.0451. The van der Waals surface area contributed by atoms with Crippen LogP contribution in [0.3, 0.4) is 0 Å². The van der Waals surface area contributed by atoms with Crippen molar-refractivity contribution in [2.75, 3.05) is 13.2 Å². The van der Waals surface area contributed by atoms with Gasteiger partial charge in [-0.15, -0.1) is 0 Å². The predicted octanol–water partition coefficient (Wildman–Crippen LogP) is 1.21. The summed E-state index contributed by atoms with van der Waals surface area (Å²) >= 11 is 0. The number of rotatable bonds is 4. The van der Waals surface area contributed by atoms with E-state index in [1.807, 2.05) is 0 Å². The van der Waals surface area contributed by atoms with E-state index in [0.29, 0.717) is 0 Å². The highest BCUT2D eigenvalue weighted by atomic mass is 19.4. The van der Waals surface area contributed by atoms with Crippen LogP contribution in [0, 0.1) is 11.8 Å². The Morgan fingerprint density at radius 3 is 2.00 bits per heavy atom. The van der Waals surface area contributed by atoms with Crippen molar-refractivity contribution in [2.45, 2.75) is 44.3 Å². The Labute approximate surface area is 110 Å². The van der Waals surface area contributed by atoms with E-state index < -0.39 is 42.7 Å². The summed E-state index contributed by atoms with van der Waals surface area (Å²) in [5, 5.41) is 20.6. The van der Waals surface area contributed by atoms with Crippen LogP contribution in [0.5, 0.6) is 0 Å². The molecule has 4 nitrogen and oxygen atoms in total. The van der Waals surface area contributed by atoms with Crippen molar-refractivity contribution < 1.29 is 28.2 Å². The molecule has 0 aromatic heterocycles. The first-order valence-corrected chi connectivity index (χ1v) is 6.32. The molecule has 0 aromatic carbocycles. The Kier molecular flexibility index (Phi) is 5.20. The Hall–Kier alpha value is -0.820. The molecule has 1 rings (SSSR count). The number of amides is 1. The van der Waals surface area contributed by atoms with Gasteiger partial charge in [-0.05, 0) is 32.6 Å². The van der Waals surface area contributed by atoms with Crippen molar-refractivity contribution in [3.63, 3.8) is 0 Å². The quantitative estimate of drug-likeness (QED) is 0.726. The van der Waals surface area contributed by atoms with E-state index in [-0.39, 0.29) is 25.7 Å². The van der Waals surface area contributed by atoms with E-state index in [9.17, 15) is 18.0 Å². The molecule has 0 bridgehead atoms. The highest BCUT2D eigenvalue weighted by Gasteiger charge is 2.42. The van der Waals surface area contributed by atoms with Crippen molar-refractivity contribution >= 4 is 5.91 Å². The Bertz CT molecular complexity index is 308. The summed E-state index contributed by atoms with van der Waals surface area (Å²) in [6.07, 6.45) is -3.91. The first kappa shape index (κ1) is 16.2. The Morgan fingerprint density at radius 2 is 1.63 bits per heavy atom. The topological polar surface area (TPSA) is 69.6 Å². The summed E-state index contributed by atoms with van der Waals surface area (Å²) in [6.45, 7) is 0.631. The van der Waals surface area contributed by atoms with Gasteiger partial charge in [0.15, 0.2) is 0 Å². The van der Waals surface area contributed by atoms with Gasteiger partial charge in [-0.1, -0.05) is 0 Å². The summed E-state index contributed by atoms with van der Waals surface area (Å²) in [6, 6.07) is 0. The van der Waals surface area contributed by atoms with Crippen LogP contribution in [-0.4, -0.2) is 41.0 Å². The third-order valence-corrected chi connectivity index (χ3v) is 3.68. The summed E-state index contributed by atoms with van der Waals surface area (Å²) in [5.41, 5.74) is -1.13. The first-order valence-electron chi connectivity index (χ1n) is 6.32. The zero-order valence-corrected chi connectivity index (χ0v) is 10.8. The molecule has 3 N–H and O–H groups in total. The number of alkyl halides is 3. The Morgan fingerprint density at radius 1 is 1.16 bits per heavy atom. The molecular weight excluding hydrogens is 263 g/mol. The monoisotopic (exact) mass is 283 g/mol. The molecule has 1 fully saturated rings. The minimum Gasteiger partial charge on any atom is -0.394 e. The molecule has 0 spiro atoms. The van der Waals surface area contributed by atoms with Crippen LogP contribution in [0.1, 0.15) is 32.6 Å². The number of hydrogen-bond acceptors (Lipinski definition) is 3. The number of carbonyl (C=O) groups excluding carboxylic acids is 1. The van der Waals surface area contributed by atoms with E-state index in [1.54, 1.807) is 0 Å². The molecule has 1 amide bonds. The molecule has 0 unspecified atom stereocenters.